The lowest BCUT2D eigenvalue weighted by Gasteiger charge is -2.11. The van der Waals surface area contributed by atoms with E-state index in [1.165, 1.54) is 6.07 Å². The van der Waals surface area contributed by atoms with Gasteiger partial charge in [-0.05, 0) is 62.0 Å². The Kier molecular flexibility index (Phi) is 5.24. The number of nitro benzene ring substituents is 1. The topological polar surface area (TPSA) is 55.2 Å². The summed E-state index contributed by atoms with van der Waals surface area (Å²) in [5.41, 5.74) is 2.66. The minimum atomic E-state index is -0.410. The minimum absolute atomic E-state index is 0.0512. The average molecular weight is 435 g/mol. The van der Waals surface area contributed by atoms with Crippen LogP contribution >= 0.6 is 43.5 Å². The van der Waals surface area contributed by atoms with Crippen LogP contribution in [0.2, 0.25) is 5.02 Å². The second kappa shape index (κ2) is 6.77. The smallest absolute Gasteiger partial charge is 0.283 e. The van der Waals surface area contributed by atoms with E-state index in [4.69, 9.17) is 11.6 Å². The Labute approximate surface area is 143 Å². The van der Waals surface area contributed by atoms with Crippen molar-refractivity contribution < 1.29 is 4.92 Å². The Bertz CT molecular complexity index is 708. The number of benzene rings is 2. The first-order valence-electron chi connectivity index (χ1n) is 6.01. The number of nitro groups is 1. The average Bonchev–Trinajstić information content (AvgIpc) is 2.42. The fourth-order valence-electron chi connectivity index (χ4n) is 1.82. The monoisotopic (exact) mass is 432 g/mol. The molecule has 0 amide bonds. The molecule has 2 aromatic carbocycles. The highest BCUT2D eigenvalue weighted by molar-refractivity contribution is 9.11. The summed E-state index contributed by atoms with van der Waals surface area (Å²) >= 11 is 12.9. The first-order chi connectivity index (χ1) is 9.90. The first kappa shape index (κ1) is 16.3. The molecule has 0 saturated carbocycles. The van der Waals surface area contributed by atoms with Crippen LogP contribution in [-0.2, 0) is 6.54 Å². The zero-order valence-corrected chi connectivity index (χ0v) is 14.9. The predicted octanol–water partition coefficient (Wildman–Crippen LogP) is 5.69. The molecule has 1 N–H and O–H groups in total. The molecule has 0 atom stereocenters. The van der Waals surface area contributed by atoms with E-state index in [2.05, 4.69) is 37.2 Å². The molecule has 7 heteroatoms. The molecular weight excluding hydrogens is 423 g/mol. The zero-order valence-electron chi connectivity index (χ0n) is 11.0. The summed E-state index contributed by atoms with van der Waals surface area (Å²) in [5.74, 6) is 0. The summed E-state index contributed by atoms with van der Waals surface area (Å²) in [4.78, 5) is 10.5. The van der Waals surface area contributed by atoms with Crippen LogP contribution in [0, 0.1) is 17.0 Å². The van der Waals surface area contributed by atoms with Crippen molar-refractivity contribution in [3.63, 3.8) is 0 Å². The van der Waals surface area contributed by atoms with Gasteiger partial charge in [0.05, 0.1) is 10.6 Å². The number of hydrogen-bond donors (Lipinski definition) is 1. The summed E-state index contributed by atoms with van der Waals surface area (Å²) < 4.78 is 1.38. The molecule has 0 heterocycles. The largest absolute Gasteiger partial charge is 0.380 e. The third kappa shape index (κ3) is 3.75. The summed E-state index contributed by atoms with van der Waals surface area (Å²) in [6, 6.07) is 8.70. The van der Waals surface area contributed by atoms with Crippen molar-refractivity contribution in [1.82, 2.24) is 0 Å². The molecule has 0 unspecified atom stereocenters. The lowest BCUT2D eigenvalue weighted by Crippen LogP contribution is -2.02. The third-order valence-corrected chi connectivity index (χ3v) is 4.95. The van der Waals surface area contributed by atoms with Crippen LogP contribution in [0.4, 0.5) is 11.4 Å². The van der Waals surface area contributed by atoms with Crippen LogP contribution in [0.1, 0.15) is 11.1 Å². The molecule has 0 aliphatic carbocycles. The second-order valence-electron chi connectivity index (χ2n) is 4.44. The molecule has 0 aromatic heterocycles. The zero-order chi connectivity index (χ0) is 15.6. The molecule has 0 bridgehead atoms. The lowest BCUT2D eigenvalue weighted by atomic mass is 10.2. The standard InChI is InChI=1S/C14H11Br2ClN2O2/c1-8-5-10(15)12(6-11(8)17)18-7-9-3-2-4-13(14(9)16)19(20)21/h2-6,18H,7H2,1H3. The molecule has 0 aliphatic heterocycles. The molecule has 110 valence electrons. The van der Waals surface area contributed by atoms with Gasteiger partial charge in [0.2, 0.25) is 0 Å². The normalized spacial score (nSPS) is 10.5. The van der Waals surface area contributed by atoms with Crippen LogP contribution in [-0.4, -0.2) is 4.92 Å². The first-order valence-corrected chi connectivity index (χ1v) is 7.98. The molecule has 0 aliphatic rings. The second-order valence-corrected chi connectivity index (χ2v) is 6.50. The molecule has 4 nitrogen and oxygen atoms in total. The van der Waals surface area contributed by atoms with Gasteiger partial charge in [0, 0.05) is 22.1 Å². The van der Waals surface area contributed by atoms with Gasteiger partial charge in [-0.1, -0.05) is 23.7 Å². The Hall–Kier alpha value is -1.11. The maximum Gasteiger partial charge on any atom is 0.283 e. The molecule has 0 radical (unpaired) electrons. The maximum absolute atomic E-state index is 10.9. The lowest BCUT2D eigenvalue weighted by molar-refractivity contribution is -0.385. The number of nitrogens with zero attached hydrogens (tertiary/aromatic N) is 1. The highest BCUT2D eigenvalue weighted by atomic mass is 79.9. The van der Waals surface area contributed by atoms with Crippen LogP contribution < -0.4 is 5.32 Å². The molecule has 0 spiro atoms. The summed E-state index contributed by atoms with van der Waals surface area (Å²) in [7, 11) is 0. The van der Waals surface area contributed by atoms with E-state index < -0.39 is 4.92 Å². The maximum atomic E-state index is 10.9. The minimum Gasteiger partial charge on any atom is -0.380 e. The van der Waals surface area contributed by atoms with Gasteiger partial charge < -0.3 is 5.32 Å². The third-order valence-electron chi connectivity index (χ3n) is 2.97. The van der Waals surface area contributed by atoms with Gasteiger partial charge in [0.1, 0.15) is 4.47 Å². The van der Waals surface area contributed by atoms with Crippen molar-refractivity contribution >= 4 is 54.8 Å². The Morgan fingerprint density at radius 2 is 2.05 bits per heavy atom. The van der Waals surface area contributed by atoms with Crippen LogP contribution in [0.15, 0.2) is 39.3 Å². The quantitative estimate of drug-likeness (QED) is 0.497. The highest BCUT2D eigenvalue weighted by Crippen LogP contribution is 2.32. The van der Waals surface area contributed by atoms with Crippen LogP contribution in [0.5, 0.6) is 0 Å². The van der Waals surface area contributed by atoms with E-state index in [1.807, 2.05) is 25.1 Å². The Balaban J connectivity index is 2.23. The van der Waals surface area contributed by atoms with Crippen molar-refractivity contribution in [3.05, 3.63) is 65.5 Å². The van der Waals surface area contributed by atoms with Crippen molar-refractivity contribution in [2.75, 3.05) is 5.32 Å². The molecule has 0 saturated heterocycles. The van der Waals surface area contributed by atoms with Gasteiger partial charge in [-0.2, -0.15) is 0 Å². The Morgan fingerprint density at radius 3 is 2.71 bits per heavy atom. The van der Waals surface area contributed by atoms with E-state index in [0.717, 1.165) is 21.3 Å². The van der Waals surface area contributed by atoms with E-state index in [0.29, 0.717) is 16.0 Å². The highest BCUT2D eigenvalue weighted by Gasteiger charge is 2.14. The van der Waals surface area contributed by atoms with Gasteiger partial charge in [0.15, 0.2) is 0 Å². The summed E-state index contributed by atoms with van der Waals surface area (Å²) in [5, 5.41) is 14.8. The fourth-order valence-corrected chi connectivity index (χ4v) is 3.13. The number of hydrogen-bond acceptors (Lipinski definition) is 3. The predicted molar refractivity (Wildman–Crippen MR) is 92.0 cm³/mol. The van der Waals surface area contributed by atoms with E-state index in [9.17, 15) is 10.1 Å². The SMILES string of the molecule is Cc1cc(Br)c(NCc2cccc([N+](=O)[O-])c2Br)cc1Cl. The van der Waals surface area contributed by atoms with Gasteiger partial charge >= 0.3 is 0 Å². The van der Waals surface area contributed by atoms with Crippen molar-refractivity contribution in [2.45, 2.75) is 13.5 Å². The van der Waals surface area contributed by atoms with E-state index >= 15 is 0 Å². The molecule has 0 fully saturated rings. The molecule has 2 aromatic rings. The number of rotatable bonds is 4. The van der Waals surface area contributed by atoms with Crippen molar-refractivity contribution in [2.24, 2.45) is 0 Å². The summed E-state index contributed by atoms with van der Waals surface area (Å²) in [6.45, 7) is 2.37. The molecule has 2 rings (SSSR count). The van der Waals surface area contributed by atoms with Gasteiger partial charge in [0.25, 0.3) is 5.69 Å². The number of nitrogens with one attached hydrogen (secondary N) is 1. The van der Waals surface area contributed by atoms with Gasteiger partial charge in [-0.25, -0.2) is 0 Å². The van der Waals surface area contributed by atoms with E-state index in [1.54, 1.807) is 6.07 Å². The number of anilines is 1. The number of aryl methyl sites for hydroxylation is 1. The molecular formula is C14H11Br2ClN2O2. The Morgan fingerprint density at radius 1 is 1.33 bits per heavy atom. The van der Waals surface area contributed by atoms with Gasteiger partial charge in [-0.3, -0.25) is 10.1 Å². The van der Waals surface area contributed by atoms with E-state index in [-0.39, 0.29) is 5.69 Å². The molecule has 21 heavy (non-hydrogen) atoms. The fraction of sp³-hybridized carbons (Fsp3) is 0.143. The summed E-state index contributed by atoms with van der Waals surface area (Å²) in [6.07, 6.45) is 0. The van der Waals surface area contributed by atoms with Gasteiger partial charge in [-0.15, -0.1) is 0 Å². The van der Waals surface area contributed by atoms with Crippen molar-refractivity contribution in [3.8, 4) is 0 Å². The van der Waals surface area contributed by atoms with Crippen LogP contribution in [0.25, 0.3) is 0 Å². The van der Waals surface area contributed by atoms with Crippen LogP contribution in [0.3, 0.4) is 0 Å². The van der Waals surface area contributed by atoms with Crippen molar-refractivity contribution in [1.29, 1.82) is 0 Å². The number of halogens is 3.